The number of halogens is 1. The van der Waals surface area contributed by atoms with Gasteiger partial charge in [-0.25, -0.2) is 14.4 Å². The van der Waals surface area contributed by atoms with Crippen LogP contribution in [0.1, 0.15) is 35.7 Å². The average molecular weight is 432 g/mol. The topological polar surface area (TPSA) is 55.3 Å². The van der Waals surface area contributed by atoms with E-state index in [0.29, 0.717) is 35.6 Å². The molecule has 32 heavy (non-hydrogen) atoms. The maximum absolute atomic E-state index is 14.0. The second-order valence-electron chi connectivity index (χ2n) is 8.91. The van der Waals surface area contributed by atoms with E-state index in [4.69, 9.17) is 4.74 Å². The Labute approximate surface area is 187 Å². The molecule has 2 saturated heterocycles. The fourth-order valence-corrected chi connectivity index (χ4v) is 4.99. The molecule has 1 aliphatic carbocycles. The quantitative estimate of drug-likeness (QED) is 0.576. The second kappa shape index (κ2) is 8.34. The summed E-state index contributed by atoms with van der Waals surface area (Å²) in [7, 11) is 0. The van der Waals surface area contributed by atoms with E-state index < -0.39 is 0 Å². The van der Waals surface area contributed by atoms with Gasteiger partial charge in [-0.1, -0.05) is 24.6 Å². The number of fused-ring (bicyclic) bond motifs is 2. The highest BCUT2D eigenvalue weighted by Crippen LogP contribution is 2.47. The zero-order valence-electron chi connectivity index (χ0n) is 18.2. The maximum Gasteiger partial charge on any atom is 0.255 e. The largest absolute Gasteiger partial charge is 0.491 e. The van der Waals surface area contributed by atoms with Crippen LogP contribution in [0.25, 0.3) is 11.4 Å². The lowest BCUT2D eigenvalue weighted by molar-refractivity contribution is -0.0670. The summed E-state index contributed by atoms with van der Waals surface area (Å²) >= 11 is 0. The third-order valence-corrected chi connectivity index (χ3v) is 6.93. The van der Waals surface area contributed by atoms with Gasteiger partial charge in [-0.05, 0) is 68.0 Å². The van der Waals surface area contributed by atoms with Crippen molar-refractivity contribution in [1.29, 1.82) is 0 Å². The molecule has 3 fully saturated rings. The average Bonchev–Trinajstić information content (AvgIpc) is 2.78. The number of amides is 1. The van der Waals surface area contributed by atoms with Crippen LogP contribution in [0.15, 0.2) is 60.9 Å². The number of hydrogen-bond donors (Lipinski definition) is 0. The molecular weight excluding hydrogens is 405 g/mol. The van der Waals surface area contributed by atoms with Crippen LogP contribution < -0.4 is 4.74 Å². The van der Waals surface area contributed by atoms with Crippen molar-refractivity contribution in [2.75, 3.05) is 6.61 Å². The predicted octanol–water partition coefficient (Wildman–Crippen LogP) is 4.91. The van der Waals surface area contributed by atoms with Gasteiger partial charge in [0.2, 0.25) is 0 Å². The number of aryl methyl sites for hydroxylation is 1. The molecule has 1 amide bonds. The van der Waals surface area contributed by atoms with Crippen LogP contribution in [-0.4, -0.2) is 39.5 Å². The number of rotatable bonds is 5. The lowest BCUT2D eigenvalue weighted by Gasteiger charge is -2.57. The van der Waals surface area contributed by atoms with Crippen LogP contribution in [0.5, 0.6) is 5.75 Å². The van der Waals surface area contributed by atoms with Gasteiger partial charge in [-0.3, -0.25) is 4.79 Å². The number of aromatic nitrogens is 2. The van der Waals surface area contributed by atoms with Crippen molar-refractivity contribution < 1.29 is 13.9 Å². The first kappa shape index (κ1) is 20.6. The molecule has 5 nitrogen and oxygen atoms in total. The zero-order valence-corrected chi connectivity index (χ0v) is 18.2. The molecule has 2 aromatic carbocycles. The Morgan fingerprint density at radius 1 is 1.12 bits per heavy atom. The number of carbonyl (C=O) groups excluding carboxylic acids is 1. The number of piperidine rings is 2. The molecule has 2 bridgehead atoms. The van der Waals surface area contributed by atoms with Crippen LogP contribution in [0.3, 0.4) is 0 Å². The van der Waals surface area contributed by atoms with Crippen molar-refractivity contribution in [3.63, 3.8) is 0 Å². The fourth-order valence-electron chi connectivity index (χ4n) is 4.99. The van der Waals surface area contributed by atoms with Gasteiger partial charge in [0.15, 0.2) is 5.82 Å². The summed E-state index contributed by atoms with van der Waals surface area (Å²) in [6.45, 7) is 4.57. The van der Waals surface area contributed by atoms with Gasteiger partial charge in [0.25, 0.3) is 5.91 Å². The van der Waals surface area contributed by atoms with E-state index >= 15 is 0 Å². The van der Waals surface area contributed by atoms with Gasteiger partial charge in [-0.2, -0.15) is 0 Å². The standard InChI is InChI=1S/C26H26FN3O2/c1-16-4-9-22(25-28-10-3-11-29-25)23(12-16)26(31)30-20-13-18(14-20)17(2)24(30)15-32-21-7-5-19(27)6-8-21/h3-12,17-18,20,24H,13-15H2,1-2H3. The van der Waals surface area contributed by atoms with Crippen molar-refractivity contribution in [3.8, 4) is 17.1 Å². The van der Waals surface area contributed by atoms with Gasteiger partial charge in [0.1, 0.15) is 18.2 Å². The van der Waals surface area contributed by atoms with Crippen molar-refractivity contribution in [2.45, 2.75) is 38.8 Å². The highest BCUT2D eigenvalue weighted by Gasteiger charge is 2.51. The molecule has 1 aromatic heterocycles. The first-order valence-corrected chi connectivity index (χ1v) is 11.1. The van der Waals surface area contributed by atoms with Gasteiger partial charge in [0, 0.05) is 24.0 Å². The van der Waals surface area contributed by atoms with Crippen molar-refractivity contribution in [2.24, 2.45) is 11.8 Å². The molecule has 0 spiro atoms. The molecule has 6 heteroatoms. The molecule has 3 heterocycles. The van der Waals surface area contributed by atoms with Crippen LogP contribution in [-0.2, 0) is 0 Å². The number of carbonyl (C=O) groups is 1. The minimum atomic E-state index is -0.295. The van der Waals surface area contributed by atoms with E-state index in [1.54, 1.807) is 30.6 Å². The Kier molecular flexibility index (Phi) is 5.37. The monoisotopic (exact) mass is 431 g/mol. The Bertz CT molecular complexity index is 1110. The van der Waals surface area contributed by atoms with E-state index in [0.717, 1.165) is 24.0 Å². The Balaban J connectivity index is 1.46. The summed E-state index contributed by atoms with van der Waals surface area (Å²) in [5, 5.41) is 0. The van der Waals surface area contributed by atoms with E-state index in [9.17, 15) is 9.18 Å². The van der Waals surface area contributed by atoms with E-state index in [1.165, 1.54) is 12.1 Å². The molecule has 0 radical (unpaired) electrons. The van der Waals surface area contributed by atoms with Crippen molar-refractivity contribution >= 4 is 5.91 Å². The molecule has 3 aliphatic rings. The van der Waals surface area contributed by atoms with Gasteiger partial charge in [-0.15, -0.1) is 0 Å². The molecular formula is C26H26FN3O2. The molecule has 164 valence electrons. The first-order valence-electron chi connectivity index (χ1n) is 11.1. The Morgan fingerprint density at radius 3 is 2.56 bits per heavy atom. The summed E-state index contributed by atoms with van der Waals surface area (Å²) in [5.74, 6) is 1.80. The van der Waals surface area contributed by atoms with E-state index in [2.05, 4.69) is 16.9 Å². The smallest absolute Gasteiger partial charge is 0.255 e. The van der Waals surface area contributed by atoms with Gasteiger partial charge in [0.05, 0.1) is 11.6 Å². The Morgan fingerprint density at radius 2 is 1.84 bits per heavy atom. The predicted molar refractivity (Wildman–Crippen MR) is 120 cm³/mol. The number of hydrogen-bond acceptors (Lipinski definition) is 4. The lowest BCUT2D eigenvalue weighted by atomic mass is 9.64. The summed E-state index contributed by atoms with van der Waals surface area (Å²) in [4.78, 5) is 24.7. The minimum absolute atomic E-state index is 0.00106. The number of ether oxygens (including phenoxy) is 1. The van der Waals surface area contributed by atoms with Crippen molar-refractivity contribution in [3.05, 3.63) is 77.9 Å². The summed E-state index contributed by atoms with van der Waals surface area (Å²) in [5.41, 5.74) is 2.39. The molecule has 2 aliphatic heterocycles. The molecule has 2 unspecified atom stereocenters. The molecule has 2 atom stereocenters. The zero-order chi connectivity index (χ0) is 22.2. The Hall–Kier alpha value is -3.28. The van der Waals surface area contributed by atoms with Gasteiger partial charge < -0.3 is 9.64 Å². The van der Waals surface area contributed by atoms with Crippen LogP contribution in [0.2, 0.25) is 0 Å². The summed E-state index contributed by atoms with van der Waals surface area (Å²) in [6, 6.07) is 13.8. The fraction of sp³-hybridized carbons (Fsp3) is 0.346. The summed E-state index contributed by atoms with van der Waals surface area (Å²) < 4.78 is 19.3. The van der Waals surface area contributed by atoms with Crippen molar-refractivity contribution in [1.82, 2.24) is 14.9 Å². The highest BCUT2D eigenvalue weighted by molar-refractivity contribution is 6.01. The molecule has 3 aromatic rings. The van der Waals surface area contributed by atoms with Crippen LogP contribution in [0.4, 0.5) is 4.39 Å². The van der Waals surface area contributed by atoms with Crippen LogP contribution >= 0.6 is 0 Å². The minimum Gasteiger partial charge on any atom is -0.491 e. The highest BCUT2D eigenvalue weighted by atomic mass is 19.1. The number of nitrogens with zero attached hydrogens (tertiary/aromatic N) is 3. The molecule has 6 rings (SSSR count). The lowest BCUT2D eigenvalue weighted by Crippen LogP contribution is -2.64. The van der Waals surface area contributed by atoms with E-state index in [1.807, 2.05) is 30.0 Å². The van der Waals surface area contributed by atoms with E-state index in [-0.39, 0.29) is 23.8 Å². The summed E-state index contributed by atoms with van der Waals surface area (Å²) in [6.07, 6.45) is 5.44. The maximum atomic E-state index is 14.0. The third kappa shape index (κ3) is 3.74. The first-order chi connectivity index (χ1) is 15.5. The molecule has 1 saturated carbocycles. The van der Waals surface area contributed by atoms with Crippen LogP contribution in [0, 0.1) is 24.6 Å². The number of benzene rings is 2. The normalized spacial score (nSPS) is 24.0. The third-order valence-electron chi connectivity index (χ3n) is 6.93. The molecule has 0 N–H and O–H groups in total. The van der Waals surface area contributed by atoms with Gasteiger partial charge >= 0.3 is 0 Å². The SMILES string of the molecule is Cc1ccc(-c2ncccn2)c(C(=O)N2C3CC(C3)C(C)C2COc2ccc(F)cc2)c1. The second-order valence-corrected chi connectivity index (χ2v) is 8.91.